The number of ether oxygens (including phenoxy) is 2. The van der Waals surface area contributed by atoms with Gasteiger partial charge in [-0.25, -0.2) is 8.42 Å². The Morgan fingerprint density at radius 1 is 0.957 bits per heavy atom. The summed E-state index contributed by atoms with van der Waals surface area (Å²) in [6, 6.07) is 9.11. The van der Waals surface area contributed by atoms with Gasteiger partial charge in [0.05, 0.1) is 23.9 Å². The number of halogens is 2. The highest BCUT2D eigenvalue weighted by molar-refractivity contribution is 7.92. The summed E-state index contributed by atoms with van der Waals surface area (Å²) in [7, 11) is -3.86. The predicted octanol–water partition coefficient (Wildman–Crippen LogP) is 3.96. The van der Waals surface area contributed by atoms with Gasteiger partial charge in [0.1, 0.15) is 4.90 Å². The van der Waals surface area contributed by atoms with Crippen LogP contribution >= 0.6 is 23.2 Å². The third-order valence-corrected chi connectivity index (χ3v) is 5.28. The van der Waals surface area contributed by atoms with Crippen LogP contribution in [0, 0.1) is 0 Å². The van der Waals surface area contributed by atoms with Gasteiger partial charge in [-0.15, -0.1) is 0 Å². The minimum Gasteiger partial charge on any atom is -0.490 e. The normalized spacial score (nSPS) is 14.2. The summed E-state index contributed by atoms with van der Waals surface area (Å²) >= 11 is 11.8. The maximum atomic E-state index is 12.5. The Labute approximate surface area is 144 Å². The number of hydrogen-bond donors (Lipinski definition) is 1. The largest absolute Gasteiger partial charge is 0.490 e. The van der Waals surface area contributed by atoms with Crippen LogP contribution < -0.4 is 14.2 Å². The molecular formula is C15H13Cl2NO4S. The fourth-order valence-corrected chi connectivity index (χ4v) is 3.93. The smallest absolute Gasteiger partial charge is 0.263 e. The summed E-state index contributed by atoms with van der Waals surface area (Å²) in [6.45, 7) is 1.08. The number of anilines is 1. The van der Waals surface area contributed by atoms with Gasteiger partial charge in [-0.05, 0) is 30.3 Å². The molecule has 1 aliphatic heterocycles. The highest BCUT2D eigenvalue weighted by Gasteiger charge is 2.20. The molecule has 0 amide bonds. The molecule has 0 aromatic heterocycles. The molecule has 0 saturated heterocycles. The van der Waals surface area contributed by atoms with Gasteiger partial charge in [-0.3, -0.25) is 4.72 Å². The lowest BCUT2D eigenvalue weighted by Crippen LogP contribution is -2.13. The molecular weight excluding hydrogens is 361 g/mol. The van der Waals surface area contributed by atoms with Gasteiger partial charge in [-0.1, -0.05) is 23.2 Å². The number of hydrogen-bond acceptors (Lipinski definition) is 4. The van der Waals surface area contributed by atoms with E-state index in [2.05, 4.69) is 4.72 Å². The average molecular weight is 374 g/mol. The summed E-state index contributed by atoms with van der Waals surface area (Å²) in [5.41, 5.74) is 0.352. The molecule has 0 atom stereocenters. The van der Waals surface area contributed by atoms with Crippen LogP contribution in [0.25, 0.3) is 0 Å². The summed E-state index contributed by atoms with van der Waals surface area (Å²) in [5, 5.41) is 0.379. The summed E-state index contributed by atoms with van der Waals surface area (Å²) in [5.74, 6) is 1.09. The lowest BCUT2D eigenvalue weighted by atomic mass is 10.3. The Morgan fingerprint density at radius 3 is 2.48 bits per heavy atom. The van der Waals surface area contributed by atoms with Crippen molar-refractivity contribution in [1.29, 1.82) is 0 Å². The van der Waals surface area contributed by atoms with Crippen molar-refractivity contribution in [3.8, 4) is 11.5 Å². The quantitative estimate of drug-likeness (QED) is 0.884. The molecule has 0 aliphatic carbocycles. The second-order valence-corrected chi connectivity index (χ2v) is 7.39. The van der Waals surface area contributed by atoms with Crippen LogP contribution in [0.2, 0.25) is 10.0 Å². The average Bonchev–Trinajstić information content (AvgIpc) is 2.74. The number of benzene rings is 2. The molecule has 5 nitrogen and oxygen atoms in total. The molecule has 1 aliphatic rings. The zero-order valence-electron chi connectivity index (χ0n) is 11.9. The van der Waals surface area contributed by atoms with E-state index in [9.17, 15) is 8.42 Å². The van der Waals surface area contributed by atoms with Gasteiger partial charge in [0.15, 0.2) is 11.5 Å². The van der Waals surface area contributed by atoms with Crippen LogP contribution in [0.4, 0.5) is 5.69 Å². The van der Waals surface area contributed by atoms with E-state index < -0.39 is 10.0 Å². The van der Waals surface area contributed by atoms with Crippen molar-refractivity contribution < 1.29 is 17.9 Å². The summed E-state index contributed by atoms with van der Waals surface area (Å²) in [6.07, 6.45) is 0.772. The maximum Gasteiger partial charge on any atom is 0.263 e. The first-order chi connectivity index (χ1) is 11.0. The van der Waals surface area contributed by atoms with Crippen molar-refractivity contribution >= 4 is 38.9 Å². The fraction of sp³-hybridized carbons (Fsp3) is 0.200. The number of nitrogens with one attached hydrogen (secondary N) is 1. The van der Waals surface area contributed by atoms with E-state index in [0.717, 1.165) is 6.42 Å². The molecule has 0 radical (unpaired) electrons. The lowest BCUT2D eigenvalue weighted by Gasteiger charge is -2.12. The molecule has 0 unspecified atom stereocenters. The van der Waals surface area contributed by atoms with Gasteiger partial charge in [-0.2, -0.15) is 0 Å². The van der Waals surface area contributed by atoms with Crippen LogP contribution in [0.15, 0.2) is 41.3 Å². The fourth-order valence-electron chi connectivity index (χ4n) is 2.12. The first-order valence-electron chi connectivity index (χ1n) is 6.83. The van der Waals surface area contributed by atoms with E-state index >= 15 is 0 Å². The topological polar surface area (TPSA) is 64.6 Å². The molecule has 122 valence electrons. The van der Waals surface area contributed by atoms with E-state index in [1.54, 1.807) is 18.2 Å². The maximum absolute atomic E-state index is 12.5. The summed E-state index contributed by atoms with van der Waals surface area (Å²) in [4.78, 5) is -0.0845. The first kappa shape index (κ1) is 16.2. The predicted molar refractivity (Wildman–Crippen MR) is 89.3 cm³/mol. The minimum atomic E-state index is -3.86. The van der Waals surface area contributed by atoms with Crippen molar-refractivity contribution in [1.82, 2.24) is 0 Å². The molecule has 3 rings (SSSR count). The highest BCUT2D eigenvalue weighted by atomic mass is 35.5. The van der Waals surface area contributed by atoms with Crippen LogP contribution in [-0.2, 0) is 10.0 Å². The van der Waals surface area contributed by atoms with Crippen LogP contribution in [0.5, 0.6) is 11.5 Å². The molecule has 2 aromatic carbocycles. The van der Waals surface area contributed by atoms with Gasteiger partial charge in [0.2, 0.25) is 0 Å². The third-order valence-electron chi connectivity index (χ3n) is 3.18. The number of fused-ring (bicyclic) bond motifs is 1. The Bertz CT molecular complexity index is 839. The molecule has 8 heteroatoms. The molecule has 0 saturated carbocycles. The SMILES string of the molecule is O=S(=O)(Nc1ccc2c(c1)OCCCO2)c1cc(Cl)ccc1Cl. The Hall–Kier alpha value is -1.63. The molecule has 23 heavy (non-hydrogen) atoms. The number of sulfonamides is 1. The molecule has 2 aromatic rings. The van der Waals surface area contributed by atoms with E-state index in [1.165, 1.54) is 18.2 Å². The zero-order valence-corrected chi connectivity index (χ0v) is 14.2. The molecule has 0 bridgehead atoms. The Kier molecular flexibility index (Phi) is 4.57. The standard InChI is InChI=1S/C15H13Cl2NO4S/c16-10-2-4-12(17)15(8-10)23(19,20)18-11-3-5-13-14(9-11)22-7-1-6-21-13/h2-5,8-9,18H,1,6-7H2. The van der Waals surface area contributed by atoms with Crippen molar-refractivity contribution in [2.24, 2.45) is 0 Å². The number of rotatable bonds is 3. The second kappa shape index (κ2) is 6.47. The lowest BCUT2D eigenvalue weighted by molar-refractivity contribution is 0.297. The van der Waals surface area contributed by atoms with Crippen LogP contribution in [0.1, 0.15) is 6.42 Å². The van der Waals surface area contributed by atoms with Gasteiger partial charge in [0, 0.05) is 17.5 Å². The van der Waals surface area contributed by atoms with Gasteiger partial charge >= 0.3 is 0 Å². The molecule has 1 N–H and O–H groups in total. The highest BCUT2D eigenvalue weighted by Crippen LogP contribution is 2.34. The third kappa shape index (κ3) is 3.65. The van der Waals surface area contributed by atoms with Gasteiger partial charge in [0.25, 0.3) is 10.0 Å². The molecule has 1 heterocycles. The van der Waals surface area contributed by atoms with Gasteiger partial charge < -0.3 is 9.47 Å². The monoisotopic (exact) mass is 373 g/mol. The van der Waals surface area contributed by atoms with Crippen LogP contribution in [-0.4, -0.2) is 21.6 Å². The Balaban J connectivity index is 1.92. The van der Waals surface area contributed by atoms with Crippen molar-refractivity contribution in [3.63, 3.8) is 0 Å². The first-order valence-corrected chi connectivity index (χ1v) is 9.07. The zero-order chi connectivity index (χ0) is 16.4. The van der Waals surface area contributed by atoms with E-state index in [4.69, 9.17) is 32.7 Å². The van der Waals surface area contributed by atoms with Crippen molar-refractivity contribution in [3.05, 3.63) is 46.4 Å². The van der Waals surface area contributed by atoms with E-state index in [1.807, 2.05) is 0 Å². The molecule has 0 spiro atoms. The van der Waals surface area contributed by atoms with Crippen molar-refractivity contribution in [2.75, 3.05) is 17.9 Å². The van der Waals surface area contributed by atoms with E-state index in [-0.39, 0.29) is 14.9 Å². The molecule has 0 fully saturated rings. The van der Waals surface area contributed by atoms with E-state index in [0.29, 0.717) is 30.4 Å². The second-order valence-electron chi connectivity index (χ2n) is 4.89. The van der Waals surface area contributed by atoms with Crippen LogP contribution in [0.3, 0.4) is 0 Å². The van der Waals surface area contributed by atoms with Crippen molar-refractivity contribution in [2.45, 2.75) is 11.3 Å². The Morgan fingerprint density at radius 2 is 1.70 bits per heavy atom. The summed E-state index contributed by atoms with van der Waals surface area (Å²) < 4.78 is 38.5. The minimum absolute atomic E-state index is 0.0845.